The maximum atomic E-state index is 13.3. The first-order valence-electron chi connectivity index (χ1n) is 13.5. The van der Waals surface area contributed by atoms with Crippen molar-refractivity contribution in [3.05, 3.63) is 0 Å². The van der Waals surface area contributed by atoms with Gasteiger partial charge < -0.3 is 37.8 Å². The van der Waals surface area contributed by atoms with Gasteiger partial charge in [-0.15, -0.1) is 0 Å². The summed E-state index contributed by atoms with van der Waals surface area (Å²) in [5.41, 5.74) is 11.5. The lowest BCUT2D eigenvalue weighted by molar-refractivity contribution is -0.138. The first-order chi connectivity index (χ1) is 17.7. The van der Waals surface area contributed by atoms with E-state index in [1.807, 2.05) is 41.5 Å². The Morgan fingerprint density at radius 1 is 0.658 bits per heavy atom. The molecule has 0 aliphatic heterocycles. The minimum atomic E-state index is -1.20. The minimum Gasteiger partial charge on any atom is -0.480 e. The second-order valence-electron chi connectivity index (χ2n) is 11.1. The molecule has 4 amide bonds. The summed E-state index contributed by atoms with van der Waals surface area (Å²) < 4.78 is 0. The van der Waals surface area contributed by atoms with Crippen LogP contribution in [0.25, 0.3) is 0 Å². The molecule has 38 heavy (non-hydrogen) atoms. The van der Waals surface area contributed by atoms with Crippen molar-refractivity contribution in [3.8, 4) is 0 Å². The van der Waals surface area contributed by atoms with Gasteiger partial charge in [-0.1, -0.05) is 48.0 Å². The fourth-order valence-electron chi connectivity index (χ4n) is 3.86. The van der Waals surface area contributed by atoms with Crippen LogP contribution in [0.1, 0.15) is 80.1 Å². The molecule has 0 aromatic heterocycles. The lowest BCUT2D eigenvalue weighted by Crippen LogP contribution is -2.58. The molecule has 220 valence electrons. The number of hydrogen-bond donors (Lipinski definition) is 7. The summed E-state index contributed by atoms with van der Waals surface area (Å²) in [5.74, 6) is -3.19. The summed E-state index contributed by atoms with van der Waals surface area (Å²) in [6, 6.07) is -3.60. The summed E-state index contributed by atoms with van der Waals surface area (Å²) in [4.78, 5) is 62.5. The average molecular weight is 543 g/mol. The van der Waals surface area contributed by atoms with Crippen molar-refractivity contribution < 1.29 is 29.1 Å². The Morgan fingerprint density at radius 2 is 1.05 bits per heavy atom. The summed E-state index contributed by atoms with van der Waals surface area (Å²) in [6.45, 7) is 11.3. The molecular weight excluding hydrogens is 492 g/mol. The molecule has 0 heterocycles. The van der Waals surface area contributed by atoms with Crippen molar-refractivity contribution in [1.82, 2.24) is 21.3 Å². The van der Waals surface area contributed by atoms with E-state index in [0.717, 1.165) is 6.42 Å². The Hall–Kier alpha value is -2.73. The summed E-state index contributed by atoms with van der Waals surface area (Å²) >= 11 is 0. The van der Waals surface area contributed by atoms with Crippen LogP contribution in [-0.4, -0.2) is 72.0 Å². The smallest absolute Gasteiger partial charge is 0.322 e. The van der Waals surface area contributed by atoms with Crippen LogP contribution < -0.4 is 32.7 Å². The molecule has 0 aromatic rings. The third kappa shape index (κ3) is 15.5. The number of nitrogens with two attached hydrogens (primary N) is 2. The van der Waals surface area contributed by atoms with Gasteiger partial charge in [-0.05, 0) is 56.4 Å². The molecule has 0 fully saturated rings. The van der Waals surface area contributed by atoms with E-state index in [2.05, 4.69) is 21.3 Å². The van der Waals surface area contributed by atoms with Crippen molar-refractivity contribution in [3.63, 3.8) is 0 Å². The van der Waals surface area contributed by atoms with Gasteiger partial charge in [0.15, 0.2) is 0 Å². The number of carbonyl (C=O) groups excluding carboxylic acids is 4. The van der Waals surface area contributed by atoms with Crippen LogP contribution in [-0.2, 0) is 24.0 Å². The first-order valence-corrected chi connectivity index (χ1v) is 13.5. The van der Waals surface area contributed by atoms with Gasteiger partial charge in [-0.2, -0.15) is 0 Å². The normalized spacial score (nSPS) is 14.5. The highest BCUT2D eigenvalue weighted by molar-refractivity contribution is 5.95. The van der Waals surface area contributed by atoms with Crippen LogP contribution in [0.4, 0.5) is 0 Å². The second kappa shape index (κ2) is 18.5. The molecule has 9 N–H and O–H groups in total. The van der Waals surface area contributed by atoms with Crippen molar-refractivity contribution in [2.75, 3.05) is 13.1 Å². The highest BCUT2D eigenvalue weighted by atomic mass is 16.4. The predicted octanol–water partition coefficient (Wildman–Crippen LogP) is 0.236. The largest absolute Gasteiger partial charge is 0.480 e. The quantitative estimate of drug-likeness (QED) is 0.112. The lowest BCUT2D eigenvalue weighted by Gasteiger charge is -2.27. The number of rotatable bonds is 19. The number of nitrogens with one attached hydrogen (secondary N) is 4. The molecule has 0 aliphatic rings. The highest BCUT2D eigenvalue weighted by Gasteiger charge is 2.31. The molecule has 0 rings (SSSR count). The molecule has 4 atom stereocenters. The highest BCUT2D eigenvalue weighted by Crippen LogP contribution is 2.11. The SMILES string of the molecule is CC(C)C[C@H](NC(=O)[C@H](CC(C)C)NC(=O)[C@H](CC(C)C)NC(=O)[C@@H](N)CCCCN)C(=O)NCC(=O)O. The molecule has 0 bridgehead atoms. The molecule has 0 radical (unpaired) electrons. The number of carbonyl (C=O) groups is 5. The topological polar surface area (TPSA) is 206 Å². The van der Waals surface area contributed by atoms with Crippen LogP contribution in [0.15, 0.2) is 0 Å². The number of hydrogen-bond acceptors (Lipinski definition) is 7. The summed E-state index contributed by atoms with van der Waals surface area (Å²) in [7, 11) is 0. The Bertz CT molecular complexity index is 773. The van der Waals surface area contributed by atoms with Crippen LogP contribution in [0, 0.1) is 17.8 Å². The predicted molar refractivity (Wildman–Crippen MR) is 146 cm³/mol. The van der Waals surface area contributed by atoms with Gasteiger partial charge in [-0.25, -0.2) is 0 Å². The van der Waals surface area contributed by atoms with E-state index < -0.39 is 60.3 Å². The van der Waals surface area contributed by atoms with E-state index in [4.69, 9.17) is 16.6 Å². The van der Waals surface area contributed by atoms with Gasteiger partial charge in [0, 0.05) is 0 Å². The van der Waals surface area contributed by atoms with E-state index in [1.165, 1.54) is 0 Å². The summed E-state index contributed by atoms with van der Waals surface area (Å²) in [6.07, 6.45) is 2.81. The monoisotopic (exact) mass is 542 g/mol. The average Bonchev–Trinajstić information content (AvgIpc) is 2.80. The Balaban J connectivity index is 5.60. The fraction of sp³-hybridized carbons (Fsp3) is 0.808. The standard InChI is InChI=1S/C26H50N6O6/c1-15(2)11-19(24(36)29-14-22(33)34)31-26(38)21(13-17(5)6)32-25(37)20(12-16(3)4)30-23(35)18(28)9-7-8-10-27/h15-21H,7-14,27-28H2,1-6H3,(H,29,36)(H,30,35)(H,31,38)(H,32,37)(H,33,34)/t18-,19-,20-,21-/m0/s1. The number of aliphatic carboxylic acids is 1. The molecule has 0 spiro atoms. The number of carboxylic acid groups (broad SMARTS) is 1. The minimum absolute atomic E-state index is 0.0320. The third-order valence-electron chi connectivity index (χ3n) is 5.74. The Morgan fingerprint density at radius 3 is 1.42 bits per heavy atom. The van der Waals surface area contributed by atoms with Gasteiger partial charge in [0.05, 0.1) is 6.04 Å². The number of unbranched alkanes of at least 4 members (excludes halogenated alkanes) is 1. The van der Waals surface area contributed by atoms with Gasteiger partial charge in [0.1, 0.15) is 24.7 Å². The van der Waals surface area contributed by atoms with Crippen LogP contribution in [0.3, 0.4) is 0 Å². The van der Waals surface area contributed by atoms with E-state index in [-0.39, 0.29) is 24.2 Å². The van der Waals surface area contributed by atoms with Crippen molar-refractivity contribution >= 4 is 29.6 Å². The van der Waals surface area contributed by atoms with E-state index in [9.17, 15) is 24.0 Å². The zero-order valence-corrected chi connectivity index (χ0v) is 23.8. The maximum Gasteiger partial charge on any atom is 0.322 e. The molecular formula is C26H50N6O6. The van der Waals surface area contributed by atoms with Crippen LogP contribution in [0.2, 0.25) is 0 Å². The third-order valence-corrected chi connectivity index (χ3v) is 5.74. The maximum absolute atomic E-state index is 13.3. The molecule has 0 unspecified atom stereocenters. The molecule has 0 aliphatic carbocycles. The fourth-order valence-corrected chi connectivity index (χ4v) is 3.86. The molecule has 0 saturated carbocycles. The number of carboxylic acids is 1. The van der Waals surface area contributed by atoms with Gasteiger partial charge in [0.2, 0.25) is 23.6 Å². The van der Waals surface area contributed by atoms with E-state index >= 15 is 0 Å². The lowest BCUT2D eigenvalue weighted by atomic mass is 9.98. The van der Waals surface area contributed by atoms with Crippen molar-refractivity contribution in [2.45, 2.75) is 104 Å². The number of amides is 4. The molecule has 12 heteroatoms. The van der Waals surface area contributed by atoms with Crippen LogP contribution in [0.5, 0.6) is 0 Å². The molecule has 12 nitrogen and oxygen atoms in total. The van der Waals surface area contributed by atoms with Crippen LogP contribution >= 0.6 is 0 Å². The van der Waals surface area contributed by atoms with E-state index in [0.29, 0.717) is 32.2 Å². The van der Waals surface area contributed by atoms with Gasteiger partial charge in [0.25, 0.3) is 0 Å². The summed E-state index contributed by atoms with van der Waals surface area (Å²) in [5, 5.41) is 19.3. The van der Waals surface area contributed by atoms with Crippen molar-refractivity contribution in [1.29, 1.82) is 0 Å². The molecule has 0 saturated heterocycles. The first kappa shape index (κ1) is 35.3. The Kier molecular flexibility index (Phi) is 17.2. The van der Waals surface area contributed by atoms with E-state index in [1.54, 1.807) is 0 Å². The van der Waals surface area contributed by atoms with Gasteiger partial charge >= 0.3 is 5.97 Å². The zero-order chi connectivity index (χ0) is 29.4. The molecule has 0 aromatic carbocycles. The zero-order valence-electron chi connectivity index (χ0n) is 23.8. The Labute approximate surface area is 226 Å². The van der Waals surface area contributed by atoms with Gasteiger partial charge in [-0.3, -0.25) is 24.0 Å². The van der Waals surface area contributed by atoms with Crippen molar-refractivity contribution in [2.24, 2.45) is 29.2 Å². The second-order valence-corrected chi connectivity index (χ2v) is 11.1.